The van der Waals surface area contributed by atoms with Crippen LogP contribution in [0.1, 0.15) is 25.0 Å². The van der Waals surface area contributed by atoms with Crippen molar-refractivity contribution in [1.82, 2.24) is 0 Å². The van der Waals surface area contributed by atoms with E-state index in [1.807, 2.05) is 0 Å². The number of aryl methyl sites for hydroxylation is 1. The molecule has 0 N–H and O–H groups in total. The highest BCUT2D eigenvalue weighted by Crippen LogP contribution is 2.30. The standard InChI is InChI=1S/C11H12ClFO/c1-7-5-4-6-8(13)9(7)11(2,3)10(12)14/h4-6H,1-3H3. The molecule has 3 heteroatoms. The summed E-state index contributed by atoms with van der Waals surface area (Å²) in [5.74, 6) is -0.385. The highest BCUT2D eigenvalue weighted by atomic mass is 35.5. The summed E-state index contributed by atoms with van der Waals surface area (Å²) in [5, 5.41) is -0.550. The van der Waals surface area contributed by atoms with Crippen molar-refractivity contribution in [2.24, 2.45) is 0 Å². The van der Waals surface area contributed by atoms with Crippen molar-refractivity contribution in [3.63, 3.8) is 0 Å². The Labute approximate surface area is 87.9 Å². The van der Waals surface area contributed by atoms with Crippen molar-refractivity contribution >= 4 is 16.8 Å². The summed E-state index contributed by atoms with van der Waals surface area (Å²) >= 11 is 5.44. The monoisotopic (exact) mass is 214 g/mol. The van der Waals surface area contributed by atoms with E-state index in [-0.39, 0.29) is 5.82 Å². The number of benzene rings is 1. The lowest BCUT2D eigenvalue weighted by Gasteiger charge is -2.22. The first-order valence-corrected chi connectivity index (χ1v) is 4.70. The van der Waals surface area contributed by atoms with Crippen LogP contribution >= 0.6 is 11.6 Å². The van der Waals surface area contributed by atoms with Gasteiger partial charge in [-0.1, -0.05) is 12.1 Å². The Bertz CT molecular complexity index is 351. The first kappa shape index (κ1) is 11.2. The Morgan fingerprint density at radius 2 is 2.00 bits per heavy atom. The molecule has 0 unspecified atom stereocenters. The van der Waals surface area contributed by atoms with Crippen LogP contribution in [0.3, 0.4) is 0 Å². The molecule has 0 radical (unpaired) electrons. The third-order valence-corrected chi connectivity index (χ3v) is 2.81. The lowest BCUT2D eigenvalue weighted by molar-refractivity contribution is -0.115. The topological polar surface area (TPSA) is 17.1 Å². The zero-order chi connectivity index (χ0) is 10.9. The quantitative estimate of drug-likeness (QED) is 0.692. The van der Waals surface area contributed by atoms with E-state index in [0.717, 1.165) is 5.56 Å². The fraction of sp³-hybridized carbons (Fsp3) is 0.364. The van der Waals surface area contributed by atoms with E-state index in [9.17, 15) is 9.18 Å². The average molecular weight is 215 g/mol. The minimum atomic E-state index is -0.975. The number of carbonyl (C=O) groups is 1. The summed E-state index contributed by atoms with van der Waals surface area (Å²) in [5.41, 5.74) is 0.140. The van der Waals surface area contributed by atoms with Gasteiger partial charge in [0.25, 0.3) is 0 Å². The van der Waals surface area contributed by atoms with E-state index < -0.39 is 10.7 Å². The number of carbonyl (C=O) groups excluding carboxylic acids is 1. The van der Waals surface area contributed by atoms with Crippen molar-refractivity contribution in [3.05, 3.63) is 35.1 Å². The zero-order valence-electron chi connectivity index (χ0n) is 8.40. The summed E-state index contributed by atoms with van der Waals surface area (Å²) in [4.78, 5) is 11.2. The number of halogens is 2. The maximum absolute atomic E-state index is 13.5. The molecule has 0 aliphatic carbocycles. The van der Waals surface area contributed by atoms with E-state index in [1.54, 1.807) is 32.9 Å². The molecule has 76 valence electrons. The van der Waals surface area contributed by atoms with E-state index >= 15 is 0 Å². The van der Waals surface area contributed by atoms with Gasteiger partial charge in [0.2, 0.25) is 5.24 Å². The van der Waals surface area contributed by atoms with Crippen LogP contribution in [0.25, 0.3) is 0 Å². The van der Waals surface area contributed by atoms with E-state index in [4.69, 9.17) is 11.6 Å². The Morgan fingerprint density at radius 1 is 1.43 bits per heavy atom. The van der Waals surface area contributed by atoms with Gasteiger partial charge in [-0.15, -0.1) is 0 Å². The van der Waals surface area contributed by atoms with Gasteiger partial charge in [-0.2, -0.15) is 0 Å². The molecule has 0 atom stereocenters. The van der Waals surface area contributed by atoms with Crippen molar-refractivity contribution in [2.75, 3.05) is 0 Å². The molecule has 0 aliphatic heterocycles. The van der Waals surface area contributed by atoms with E-state index in [1.165, 1.54) is 6.07 Å². The van der Waals surface area contributed by atoms with Gasteiger partial charge < -0.3 is 0 Å². The number of rotatable bonds is 2. The summed E-state index contributed by atoms with van der Waals surface area (Å²) in [6.07, 6.45) is 0. The highest BCUT2D eigenvalue weighted by molar-refractivity contribution is 6.65. The summed E-state index contributed by atoms with van der Waals surface area (Å²) in [6.45, 7) is 5.00. The van der Waals surface area contributed by atoms with E-state index in [2.05, 4.69) is 0 Å². The van der Waals surface area contributed by atoms with Crippen LogP contribution in [0.4, 0.5) is 4.39 Å². The molecule has 0 spiro atoms. The summed E-state index contributed by atoms with van der Waals surface area (Å²) < 4.78 is 13.5. The van der Waals surface area contributed by atoms with Gasteiger partial charge in [-0.3, -0.25) is 4.79 Å². The molecule has 1 rings (SSSR count). The molecule has 0 aliphatic rings. The molecule has 1 nitrogen and oxygen atoms in total. The first-order chi connectivity index (χ1) is 6.37. The van der Waals surface area contributed by atoms with Gasteiger partial charge in [-0.25, -0.2) is 4.39 Å². The van der Waals surface area contributed by atoms with Crippen molar-refractivity contribution in [1.29, 1.82) is 0 Å². The zero-order valence-corrected chi connectivity index (χ0v) is 9.15. The molecule has 0 fully saturated rings. The second-order valence-corrected chi connectivity index (χ2v) is 4.17. The van der Waals surface area contributed by atoms with Gasteiger partial charge in [-0.05, 0) is 44.0 Å². The average Bonchev–Trinajstić information content (AvgIpc) is 2.02. The molecule has 14 heavy (non-hydrogen) atoms. The van der Waals surface area contributed by atoms with Crippen LogP contribution in [-0.4, -0.2) is 5.24 Å². The predicted octanol–water partition coefficient (Wildman–Crippen LogP) is 3.18. The molecule has 0 saturated carbocycles. The van der Waals surface area contributed by atoms with Gasteiger partial charge >= 0.3 is 0 Å². The lowest BCUT2D eigenvalue weighted by Crippen LogP contribution is -2.27. The normalized spacial score (nSPS) is 11.5. The Hall–Kier alpha value is -0.890. The lowest BCUT2D eigenvalue weighted by atomic mass is 9.83. The third-order valence-electron chi connectivity index (χ3n) is 2.34. The van der Waals surface area contributed by atoms with Crippen molar-refractivity contribution < 1.29 is 9.18 Å². The van der Waals surface area contributed by atoms with Crippen LogP contribution < -0.4 is 0 Å². The van der Waals surface area contributed by atoms with Crippen LogP contribution in [0.5, 0.6) is 0 Å². The molecule has 0 bridgehead atoms. The van der Waals surface area contributed by atoms with Crippen LogP contribution in [0.2, 0.25) is 0 Å². The van der Waals surface area contributed by atoms with Gasteiger partial charge in [0, 0.05) is 5.56 Å². The Balaban J connectivity index is 3.38. The molecule has 0 aromatic heterocycles. The molecule has 0 heterocycles. The fourth-order valence-electron chi connectivity index (χ4n) is 1.52. The SMILES string of the molecule is Cc1cccc(F)c1C(C)(C)C(=O)Cl. The minimum absolute atomic E-state index is 0.375. The highest BCUT2D eigenvalue weighted by Gasteiger charge is 2.32. The van der Waals surface area contributed by atoms with Crippen molar-refractivity contribution in [3.8, 4) is 0 Å². The van der Waals surface area contributed by atoms with Crippen LogP contribution in [0.15, 0.2) is 18.2 Å². The second-order valence-electron chi connectivity index (χ2n) is 3.83. The smallest absolute Gasteiger partial charge is 0.231 e. The largest absolute Gasteiger partial charge is 0.280 e. The predicted molar refractivity (Wildman–Crippen MR) is 55.0 cm³/mol. The third kappa shape index (κ3) is 1.80. The molecule has 1 aromatic rings. The number of hydrogen-bond donors (Lipinski definition) is 0. The summed E-state index contributed by atoms with van der Waals surface area (Å²) in [6, 6.07) is 4.72. The second kappa shape index (κ2) is 3.70. The molecular formula is C11H12ClFO. The molecule has 0 amide bonds. The molecule has 1 aromatic carbocycles. The maximum Gasteiger partial charge on any atom is 0.231 e. The van der Waals surface area contributed by atoms with Crippen molar-refractivity contribution in [2.45, 2.75) is 26.2 Å². The summed E-state index contributed by atoms with van der Waals surface area (Å²) in [7, 11) is 0. The van der Waals surface area contributed by atoms with Gasteiger partial charge in [0.05, 0.1) is 5.41 Å². The Morgan fingerprint density at radius 3 is 2.43 bits per heavy atom. The van der Waals surface area contributed by atoms with E-state index in [0.29, 0.717) is 5.56 Å². The number of hydrogen-bond acceptors (Lipinski definition) is 1. The van der Waals surface area contributed by atoms with Crippen LogP contribution in [0, 0.1) is 12.7 Å². The van der Waals surface area contributed by atoms with Gasteiger partial charge in [0.15, 0.2) is 0 Å². The first-order valence-electron chi connectivity index (χ1n) is 4.33. The molecular weight excluding hydrogens is 203 g/mol. The molecule has 0 saturated heterocycles. The fourth-order valence-corrected chi connectivity index (χ4v) is 1.62. The van der Waals surface area contributed by atoms with Crippen LogP contribution in [-0.2, 0) is 10.2 Å². The Kier molecular flexibility index (Phi) is 2.95. The van der Waals surface area contributed by atoms with Gasteiger partial charge in [0.1, 0.15) is 5.82 Å². The minimum Gasteiger partial charge on any atom is -0.280 e. The maximum atomic E-state index is 13.5.